The number of nitrogens with two attached hydrogens (primary N) is 1. The molecule has 0 saturated carbocycles. The molecular weight excluding hydrogens is 246 g/mol. The first-order chi connectivity index (χ1) is 9.29. The highest BCUT2D eigenvalue weighted by Gasteiger charge is 2.13. The minimum absolute atomic E-state index is 0.573. The summed E-state index contributed by atoms with van der Waals surface area (Å²) in [7, 11) is 0. The van der Waals surface area contributed by atoms with Gasteiger partial charge in [-0.2, -0.15) is 5.10 Å². The van der Waals surface area contributed by atoms with Crippen molar-refractivity contribution >= 4 is 5.69 Å². The summed E-state index contributed by atoms with van der Waals surface area (Å²) in [5.41, 5.74) is 7.12. The largest absolute Gasteiger partial charge is 0.396 e. The number of nitrogen functional groups attached to an aromatic ring is 1. The second-order valence-electron chi connectivity index (χ2n) is 4.64. The first-order valence-electron chi connectivity index (χ1n) is 6.32. The van der Waals surface area contributed by atoms with E-state index in [2.05, 4.69) is 15.2 Å². The molecule has 0 atom stereocenters. The van der Waals surface area contributed by atoms with Crippen molar-refractivity contribution in [3.63, 3.8) is 0 Å². The van der Waals surface area contributed by atoms with E-state index in [1.165, 1.54) is 0 Å². The maximum atomic E-state index is 5.62. The highest BCUT2D eigenvalue weighted by Crippen LogP contribution is 2.10. The van der Waals surface area contributed by atoms with Gasteiger partial charge in [-0.05, 0) is 0 Å². The molecule has 3 heterocycles. The van der Waals surface area contributed by atoms with Gasteiger partial charge in [0.25, 0.3) is 0 Å². The van der Waals surface area contributed by atoms with Crippen LogP contribution in [0.25, 0.3) is 0 Å². The van der Waals surface area contributed by atoms with E-state index in [4.69, 9.17) is 15.0 Å². The lowest BCUT2D eigenvalue weighted by atomic mass is 10.3. The summed E-state index contributed by atoms with van der Waals surface area (Å²) in [4.78, 5) is 2.29. The van der Waals surface area contributed by atoms with Gasteiger partial charge in [-0.25, -0.2) is 0 Å². The molecule has 19 heavy (non-hydrogen) atoms. The third kappa shape index (κ3) is 3.12. The third-order valence-electron chi connectivity index (χ3n) is 3.07. The average molecular weight is 263 g/mol. The van der Waals surface area contributed by atoms with Gasteiger partial charge in [-0.15, -0.1) is 0 Å². The zero-order valence-corrected chi connectivity index (χ0v) is 10.7. The molecule has 2 N–H and O–H groups in total. The lowest BCUT2D eigenvalue weighted by Gasteiger charge is -2.25. The average Bonchev–Trinajstić information content (AvgIpc) is 3.01. The summed E-state index contributed by atoms with van der Waals surface area (Å²) in [5, 5.41) is 8.17. The summed E-state index contributed by atoms with van der Waals surface area (Å²) < 4.78 is 12.4. The Hall–Kier alpha value is -1.86. The number of anilines is 1. The minimum Gasteiger partial charge on any atom is -0.396 e. The van der Waals surface area contributed by atoms with Crippen molar-refractivity contribution in [3.8, 4) is 0 Å². The van der Waals surface area contributed by atoms with Crippen LogP contribution in [0.2, 0.25) is 0 Å². The van der Waals surface area contributed by atoms with Crippen molar-refractivity contribution in [1.29, 1.82) is 0 Å². The lowest BCUT2D eigenvalue weighted by Crippen LogP contribution is -2.35. The summed E-state index contributed by atoms with van der Waals surface area (Å²) in [6, 6.07) is 1.97. The molecule has 2 aromatic heterocycles. The fraction of sp³-hybridized carbons (Fsp3) is 0.500. The predicted molar refractivity (Wildman–Crippen MR) is 68.3 cm³/mol. The monoisotopic (exact) mass is 263 g/mol. The molecule has 0 aliphatic carbocycles. The number of aromatic nitrogens is 3. The SMILES string of the molecule is Nc1cnn(Cc2cc(CN3CCOCC3)on2)c1. The number of hydrogen-bond acceptors (Lipinski definition) is 6. The fourth-order valence-electron chi connectivity index (χ4n) is 2.12. The van der Waals surface area contributed by atoms with Crippen LogP contribution in [0.1, 0.15) is 11.5 Å². The van der Waals surface area contributed by atoms with Crippen LogP contribution in [0, 0.1) is 0 Å². The van der Waals surface area contributed by atoms with Gasteiger partial charge < -0.3 is 15.0 Å². The Kier molecular flexibility index (Phi) is 3.47. The Morgan fingerprint density at radius 1 is 1.26 bits per heavy atom. The van der Waals surface area contributed by atoms with Crippen LogP contribution in [0.5, 0.6) is 0 Å². The van der Waals surface area contributed by atoms with E-state index in [-0.39, 0.29) is 0 Å². The molecule has 0 aromatic carbocycles. The Morgan fingerprint density at radius 3 is 2.84 bits per heavy atom. The molecule has 7 nitrogen and oxygen atoms in total. The molecule has 2 aromatic rings. The molecule has 7 heteroatoms. The van der Waals surface area contributed by atoms with Crippen LogP contribution >= 0.6 is 0 Å². The van der Waals surface area contributed by atoms with Crippen LogP contribution in [0.4, 0.5) is 5.69 Å². The van der Waals surface area contributed by atoms with E-state index in [1.807, 2.05) is 6.07 Å². The van der Waals surface area contributed by atoms with Gasteiger partial charge in [0.1, 0.15) is 5.69 Å². The second kappa shape index (κ2) is 5.41. The molecule has 0 bridgehead atoms. The zero-order chi connectivity index (χ0) is 13.1. The quantitative estimate of drug-likeness (QED) is 0.856. The normalized spacial score (nSPS) is 16.8. The van der Waals surface area contributed by atoms with Gasteiger partial charge in [0.05, 0.1) is 38.2 Å². The molecular formula is C12H17N5O2. The van der Waals surface area contributed by atoms with Crippen molar-refractivity contribution in [1.82, 2.24) is 19.8 Å². The number of hydrogen-bond donors (Lipinski definition) is 1. The topological polar surface area (TPSA) is 82.3 Å². The van der Waals surface area contributed by atoms with Gasteiger partial charge in [0.15, 0.2) is 5.76 Å². The second-order valence-corrected chi connectivity index (χ2v) is 4.64. The van der Waals surface area contributed by atoms with E-state index in [1.54, 1.807) is 17.1 Å². The van der Waals surface area contributed by atoms with Crippen molar-refractivity contribution in [2.24, 2.45) is 0 Å². The lowest BCUT2D eigenvalue weighted by molar-refractivity contribution is 0.0305. The van der Waals surface area contributed by atoms with Crippen molar-refractivity contribution in [2.45, 2.75) is 13.1 Å². The molecule has 3 rings (SSSR count). The number of morpholine rings is 1. The van der Waals surface area contributed by atoms with E-state index < -0.39 is 0 Å². The first-order valence-corrected chi connectivity index (χ1v) is 6.32. The molecule has 102 valence electrons. The molecule has 0 spiro atoms. The van der Waals surface area contributed by atoms with E-state index in [0.29, 0.717) is 12.2 Å². The van der Waals surface area contributed by atoms with Crippen LogP contribution in [-0.4, -0.2) is 46.1 Å². The van der Waals surface area contributed by atoms with E-state index in [9.17, 15) is 0 Å². The Balaban J connectivity index is 1.59. The Morgan fingerprint density at radius 2 is 2.11 bits per heavy atom. The van der Waals surface area contributed by atoms with Crippen molar-refractivity contribution in [2.75, 3.05) is 32.0 Å². The van der Waals surface area contributed by atoms with Crippen LogP contribution < -0.4 is 5.73 Å². The Bertz CT molecular complexity index is 530. The summed E-state index contributed by atoms with van der Waals surface area (Å²) in [6.07, 6.45) is 3.39. The molecule has 1 fully saturated rings. The van der Waals surface area contributed by atoms with Crippen LogP contribution in [0.15, 0.2) is 23.0 Å². The molecule has 1 saturated heterocycles. The summed E-state index contributed by atoms with van der Waals surface area (Å²) in [6.45, 7) is 4.79. The maximum Gasteiger partial charge on any atom is 0.151 e. The number of nitrogens with zero attached hydrogens (tertiary/aromatic N) is 4. The highest BCUT2D eigenvalue weighted by molar-refractivity contribution is 5.30. The highest BCUT2D eigenvalue weighted by atomic mass is 16.5. The molecule has 0 unspecified atom stereocenters. The van der Waals surface area contributed by atoms with Crippen LogP contribution in [0.3, 0.4) is 0 Å². The number of rotatable bonds is 4. The summed E-state index contributed by atoms with van der Waals surface area (Å²) >= 11 is 0. The molecule has 1 aliphatic rings. The van der Waals surface area contributed by atoms with Gasteiger partial charge in [0.2, 0.25) is 0 Å². The van der Waals surface area contributed by atoms with Crippen molar-refractivity contribution < 1.29 is 9.26 Å². The van der Waals surface area contributed by atoms with Crippen LogP contribution in [-0.2, 0) is 17.8 Å². The van der Waals surface area contributed by atoms with Gasteiger partial charge in [0, 0.05) is 25.4 Å². The zero-order valence-electron chi connectivity index (χ0n) is 10.7. The van der Waals surface area contributed by atoms with Gasteiger partial charge in [-0.1, -0.05) is 5.16 Å². The molecule has 1 aliphatic heterocycles. The van der Waals surface area contributed by atoms with Gasteiger partial charge >= 0.3 is 0 Å². The standard InChI is InChI=1S/C12H17N5O2/c13-10-6-14-17(7-10)8-11-5-12(19-15-11)9-16-1-3-18-4-2-16/h5-7H,1-4,8-9,13H2. The Labute approximate surface area is 110 Å². The fourth-order valence-corrected chi connectivity index (χ4v) is 2.12. The van der Waals surface area contributed by atoms with E-state index >= 15 is 0 Å². The summed E-state index contributed by atoms with van der Waals surface area (Å²) in [5.74, 6) is 0.872. The smallest absolute Gasteiger partial charge is 0.151 e. The van der Waals surface area contributed by atoms with E-state index in [0.717, 1.165) is 44.3 Å². The predicted octanol–water partition coefficient (Wildman–Crippen LogP) is 0.334. The molecule has 0 radical (unpaired) electrons. The minimum atomic E-state index is 0.573. The number of ether oxygens (including phenoxy) is 1. The first kappa shape index (κ1) is 12.2. The maximum absolute atomic E-state index is 5.62. The van der Waals surface area contributed by atoms with Gasteiger partial charge in [-0.3, -0.25) is 9.58 Å². The van der Waals surface area contributed by atoms with Crippen molar-refractivity contribution in [3.05, 3.63) is 29.9 Å². The molecule has 0 amide bonds. The third-order valence-corrected chi connectivity index (χ3v) is 3.07.